The zero-order valence-electron chi connectivity index (χ0n) is 11.3. The van der Waals surface area contributed by atoms with Crippen molar-refractivity contribution >= 4 is 5.91 Å². The summed E-state index contributed by atoms with van der Waals surface area (Å²) in [7, 11) is 1.62. The largest absolute Gasteiger partial charge is 0.497 e. The highest BCUT2D eigenvalue weighted by Crippen LogP contribution is 2.23. The number of methoxy groups -OCH3 is 1. The maximum atomic E-state index is 11.9. The van der Waals surface area contributed by atoms with Gasteiger partial charge in [0.2, 0.25) is 0 Å². The Kier molecular flexibility index (Phi) is 3.41. The fourth-order valence-corrected chi connectivity index (χ4v) is 2.09. The molecule has 0 radical (unpaired) electrons. The van der Waals surface area contributed by atoms with Crippen LogP contribution in [0.15, 0.2) is 34.9 Å². The molecule has 0 aliphatic heterocycles. The van der Waals surface area contributed by atoms with Crippen LogP contribution >= 0.6 is 0 Å². The summed E-state index contributed by atoms with van der Waals surface area (Å²) in [5, 5.41) is 6.76. The monoisotopic (exact) mass is 272 g/mol. The third-order valence-corrected chi connectivity index (χ3v) is 3.56. The molecule has 1 aliphatic carbocycles. The first kappa shape index (κ1) is 12.7. The van der Waals surface area contributed by atoms with Crippen LogP contribution < -0.4 is 10.1 Å². The van der Waals surface area contributed by atoms with Gasteiger partial charge in [0.05, 0.1) is 7.11 Å². The Labute approximate surface area is 116 Å². The molecule has 0 spiro atoms. The van der Waals surface area contributed by atoms with Crippen LogP contribution in [0.4, 0.5) is 0 Å². The van der Waals surface area contributed by atoms with E-state index in [0.717, 1.165) is 24.2 Å². The number of carbonyl (C=O) groups is 1. The van der Waals surface area contributed by atoms with Crippen molar-refractivity contribution < 1.29 is 14.1 Å². The molecule has 2 aromatic rings. The van der Waals surface area contributed by atoms with Crippen molar-refractivity contribution in [2.24, 2.45) is 0 Å². The number of nitrogens with zero attached hydrogens (tertiary/aromatic N) is 1. The Hall–Kier alpha value is -2.30. The molecule has 1 amide bonds. The molecule has 1 aromatic heterocycles. The molecule has 0 bridgehead atoms. The number of hydrogen-bond acceptors (Lipinski definition) is 4. The van der Waals surface area contributed by atoms with Crippen LogP contribution in [0.3, 0.4) is 0 Å². The van der Waals surface area contributed by atoms with E-state index >= 15 is 0 Å². The molecule has 5 heteroatoms. The van der Waals surface area contributed by atoms with Gasteiger partial charge in [0.1, 0.15) is 5.75 Å². The number of carbonyl (C=O) groups excluding carboxylic acids is 1. The molecular formula is C15H16N2O3. The molecule has 0 saturated heterocycles. The average molecular weight is 272 g/mol. The van der Waals surface area contributed by atoms with E-state index in [9.17, 15) is 4.79 Å². The zero-order valence-corrected chi connectivity index (χ0v) is 11.3. The third-order valence-electron chi connectivity index (χ3n) is 3.56. The van der Waals surface area contributed by atoms with Crippen molar-refractivity contribution in [3.8, 4) is 17.1 Å². The number of aromatic nitrogens is 1. The molecule has 104 valence electrons. The highest BCUT2D eigenvalue weighted by atomic mass is 16.5. The predicted molar refractivity (Wildman–Crippen MR) is 73.6 cm³/mol. The Bertz CT molecular complexity index is 600. The summed E-state index contributed by atoms with van der Waals surface area (Å²) in [6.45, 7) is 0. The van der Waals surface area contributed by atoms with Crippen LogP contribution in [-0.4, -0.2) is 24.2 Å². The average Bonchev–Trinajstić information content (AvgIpc) is 2.92. The van der Waals surface area contributed by atoms with E-state index in [4.69, 9.17) is 9.26 Å². The van der Waals surface area contributed by atoms with Gasteiger partial charge in [-0.3, -0.25) is 4.79 Å². The van der Waals surface area contributed by atoms with E-state index in [1.807, 2.05) is 24.3 Å². The number of ether oxygens (including phenoxy) is 1. The maximum Gasteiger partial charge on any atom is 0.273 e. The Morgan fingerprint density at radius 2 is 2.10 bits per heavy atom. The van der Waals surface area contributed by atoms with Gasteiger partial charge in [-0.2, -0.15) is 0 Å². The minimum atomic E-state index is -0.168. The summed E-state index contributed by atoms with van der Waals surface area (Å²) in [5.41, 5.74) is 1.18. The van der Waals surface area contributed by atoms with Crippen LogP contribution in [0, 0.1) is 0 Å². The van der Waals surface area contributed by atoms with E-state index in [-0.39, 0.29) is 5.91 Å². The zero-order chi connectivity index (χ0) is 13.9. The molecule has 3 rings (SSSR count). The fourth-order valence-electron chi connectivity index (χ4n) is 2.09. The highest BCUT2D eigenvalue weighted by Gasteiger charge is 2.22. The van der Waals surface area contributed by atoms with Crippen LogP contribution in [0.25, 0.3) is 11.3 Å². The number of hydrogen-bond donors (Lipinski definition) is 1. The summed E-state index contributed by atoms with van der Waals surface area (Å²) < 4.78 is 10.3. The van der Waals surface area contributed by atoms with Crippen LogP contribution in [-0.2, 0) is 0 Å². The second-order valence-corrected chi connectivity index (χ2v) is 4.91. The van der Waals surface area contributed by atoms with Gasteiger partial charge in [-0.25, -0.2) is 0 Å². The lowest BCUT2D eigenvalue weighted by Crippen LogP contribution is -2.39. The van der Waals surface area contributed by atoms with E-state index in [2.05, 4.69) is 10.5 Å². The molecule has 1 aliphatic rings. The number of nitrogens with one attached hydrogen (secondary N) is 1. The van der Waals surface area contributed by atoms with Crippen LogP contribution in [0.1, 0.15) is 29.8 Å². The summed E-state index contributed by atoms with van der Waals surface area (Å²) in [6.07, 6.45) is 3.28. The van der Waals surface area contributed by atoms with Gasteiger partial charge in [-0.05, 0) is 43.5 Å². The Morgan fingerprint density at radius 3 is 2.70 bits per heavy atom. The first-order valence-electron chi connectivity index (χ1n) is 6.68. The minimum absolute atomic E-state index is 0.168. The molecule has 1 aromatic carbocycles. The maximum absolute atomic E-state index is 11.9. The molecule has 5 nitrogen and oxygen atoms in total. The van der Waals surface area contributed by atoms with Gasteiger partial charge in [0.25, 0.3) is 5.91 Å². The third kappa shape index (κ3) is 2.52. The minimum Gasteiger partial charge on any atom is -0.497 e. The smallest absolute Gasteiger partial charge is 0.273 e. The van der Waals surface area contributed by atoms with Gasteiger partial charge in [-0.15, -0.1) is 0 Å². The summed E-state index contributed by atoms with van der Waals surface area (Å²) in [5.74, 6) is 1.18. The van der Waals surface area contributed by atoms with E-state index in [1.165, 1.54) is 6.42 Å². The van der Waals surface area contributed by atoms with Crippen molar-refractivity contribution in [2.75, 3.05) is 7.11 Å². The van der Waals surface area contributed by atoms with Gasteiger partial charge in [0, 0.05) is 17.7 Å². The SMILES string of the molecule is COc1ccc(-c2cc(C(=O)NC3CCC3)no2)cc1. The highest BCUT2D eigenvalue weighted by molar-refractivity contribution is 5.93. The van der Waals surface area contributed by atoms with E-state index in [1.54, 1.807) is 13.2 Å². The van der Waals surface area contributed by atoms with Crippen LogP contribution in [0.2, 0.25) is 0 Å². The first-order chi connectivity index (χ1) is 9.76. The lowest BCUT2D eigenvalue weighted by atomic mass is 9.93. The second-order valence-electron chi connectivity index (χ2n) is 4.91. The standard InChI is InChI=1S/C15H16N2O3/c1-19-12-7-5-10(6-8-12)14-9-13(17-20-14)15(18)16-11-3-2-4-11/h5-9,11H,2-4H2,1H3,(H,16,18). The van der Waals surface area contributed by atoms with Gasteiger partial charge in [0.15, 0.2) is 11.5 Å². The van der Waals surface area contributed by atoms with Crippen molar-refractivity contribution in [3.05, 3.63) is 36.0 Å². The topological polar surface area (TPSA) is 64.4 Å². The van der Waals surface area contributed by atoms with Gasteiger partial charge in [-0.1, -0.05) is 5.16 Å². The quantitative estimate of drug-likeness (QED) is 0.929. The van der Waals surface area contributed by atoms with Crippen molar-refractivity contribution in [3.63, 3.8) is 0 Å². The Balaban J connectivity index is 1.73. The molecule has 0 atom stereocenters. The summed E-state index contributed by atoms with van der Waals surface area (Å²) >= 11 is 0. The molecular weight excluding hydrogens is 256 g/mol. The van der Waals surface area contributed by atoms with E-state index in [0.29, 0.717) is 17.5 Å². The summed E-state index contributed by atoms with van der Waals surface area (Å²) in [6, 6.07) is 9.37. The van der Waals surface area contributed by atoms with Crippen molar-refractivity contribution in [1.82, 2.24) is 10.5 Å². The predicted octanol–water partition coefficient (Wildman–Crippen LogP) is 2.63. The molecule has 1 fully saturated rings. The first-order valence-corrected chi connectivity index (χ1v) is 6.68. The lowest BCUT2D eigenvalue weighted by molar-refractivity contribution is 0.0908. The molecule has 1 heterocycles. The normalized spacial score (nSPS) is 14.7. The van der Waals surface area contributed by atoms with Gasteiger partial charge < -0.3 is 14.6 Å². The van der Waals surface area contributed by atoms with Crippen molar-refractivity contribution in [1.29, 1.82) is 0 Å². The fraction of sp³-hybridized carbons (Fsp3) is 0.333. The number of rotatable bonds is 4. The van der Waals surface area contributed by atoms with Crippen LogP contribution in [0.5, 0.6) is 5.75 Å². The Morgan fingerprint density at radius 1 is 1.35 bits per heavy atom. The van der Waals surface area contributed by atoms with Crippen molar-refractivity contribution in [2.45, 2.75) is 25.3 Å². The number of benzene rings is 1. The number of amides is 1. The van der Waals surface area contributed by atoms with Gasteiger partial charge >= 0.3 is 0 Å². The molecule has 1 N–H and O–H groups in total. The van der Waals surface area contributed by atoms with E-state index < -0.39 is 0 Å². The summed E-state index contributed by atoms with van der Waals surface area (Å²) in [4.78, 5) is 11.9. The lowest BCUT2D eigenvalue weighted by Gasteiger charge is -2.25. The molecule has 20 heavy (non-hydrogen) atoms. The molecule has 1 saturated carbocycles. The second kappa shape index (κ2) is 5.36. The molecule has 0 unspecified atom stereocenters.